The number of hydrogen-bond donors (Lipinski definition) is 1. The minimum Gasteiger partial charge on any atom is -0.483 e. The number of fused-ring (bicyclic) bond motifs is 2. The zero-order chi connectivity index (χ0) is 19.9. The van der Waals surface area contributed by atoms with Gasteiger partial charge in [0.2, 0.25) is 5.91 Å². The standard InChI is InChI=1S/C22H23BrN2O3/c1-14-11-16(23)12-15(2)20(14)28-13-19(26)25-9-7-22(8-10-25)17-5-3-4-6-18(17)24-21(22)27/h3-6,11-12H,7-10,13H2,1-2H3,(H,24,27). The zero-order valence-electron chi connectivity index (χ0n) is 16.0. The zero-order valence-corrected chi connectivity index (χ0v) is 17.6. The van der Waals surface area contributed by atoms with E-state index in [2.05, 4.69) is 21.2 Å². The van der Waals surface area contributed by atoms with Crippen molar-refractivity contribution in [1.29, 1.82) is 0 Å². The van der Waals surface area contributed by atoms with Gasteiger partial charge in [-0.3, -0.25) is 9.59 Å². The van der Waals surface area contributed by atoms with Crippen molar-refractivity contribution in [1.82, 2.24) is 4.90 Å². The van der Waals surface area contributed by atoms with Gasteiger partial charge in [0.1, 0.15) is 5.75 Å². The lowest BCUT2D eigenvalue weighted by atomic mass is 9.73. The Morgan fingerprint density at radius 3 is 2.50 bits per heavy atom. The highest BCUT2D eigenvalue weighted by atomic mass is 79.9. The maximum Gasteiger partial charge on any atom is 0.260 e. The number of amides is 2. The summed E-state index contributed by atoms with van der Waals surface area (Å²) in [6, 6.07) is 11.8. The lowest BCUT2D eigenvalue weighted by Crippen LogP contribution is -2.49. The summed E-state index contributed by atoms with van der Waals surface area (Å²) >= 11 is 3.47. The molecule has 146 valence electrons. The van der Waals surface area contributed by atoms with Crippen molar-refractivity contribution in [2.75, 3.05) is 25.0 Å². The Hall–Kier alpha value is -2.34. The van der Waals surface area contributed by atoms with Gasteiger partial charge in [-0.2, -0.15) is 0 Å². The van der Waals surface area contributed by atoms with Gasteiger partial charge >= 0.3 is 0 Å². The fraction of sp³-hybridized carbons (Fsp3) is 0.364. The van der Waals surface area contributed by atoms with E-state index in [1.807, 2.05) is 55.1 Å². The first-order valence-corrected chi connectivity index (χ1v) is 10.3. The predicted octanol–water partition coefficient (Wildman–Crippen LogP) is 3.96. The first-order valence-electron chi connectivity index (χ1n) is 9.49. The van der Waals surface area contributed by atoms with Crippen molar-refractivity contribution >= 4 is 33.4 Å². The van der Waals surface area contributed by atoms with Crippen LogP contribution in [0.3, 0.4) is 0 Å². The number of carbonyl (C=O) groups excluding carboxylic acids is 2. The highest BCUT2D eigenvalue weighted by molar-refractivity contribution is 9.10. The molecule has 1 fully saturated rings. The molecule has 2 amide bonds. The molecule has 1 spiro atoms. The molecule has 2 aromatic rings. The molecule has 0 saturated carbocycles. The van der Waals surface area contributed by atoms with E-state index in [0.29, 0.717) is 25.9 Å². The quantitative estimate of drug-likeness (QED) is 0.782. The van der Waals surface area contributed by atoms with Crippen LogP contribution in [0.25, 0.3) is 0 Å². The molecule has 2 heterocycles. The van der Waals surface area contributed by atoms with Gasteiger partial charge in [0.15, 0.2) is 6.61 Å². The van der Waals surface area contributed by atoms with Crippen LogP contribution in [0, 0.1) is 13.8 Å². The third-order valence-corrected chi connectivity index (χ3v) is 6.32. The fourth-order valence-electron chi connectivity index (χ4n) is 4.36. The van der Waals surface area contributed by atoms with Crippen molar-refractivity contribution < 1.29 is 14.3 Å². The number of benzene rings is 2. The molecule has 0 aromatic heterocycles. The smallest absolute Gasteiger partial charge is 0.260 e. The van der Waals surface area contributed by atoms with Crippen LogP contribution in [0.2, 0.25) is 0 Å². The number of piperidine rings is 1. The lowest BCUT2D eigenvalue weighted by molar-refractivity contribution is -0.137. The second-order valence-electron chi connectivity index (χ2n) is 7.62. The van der Waals surface area contributed by atoms with E-state index in [1.165, 1.54) is 0 Å². The molecule has 6 heteroatoms. The van der Waals surface area contributed by atoms with E-state index in [9.17, 15) is 9.59 Å². The normalized spacial score (nSPS) is 17.4. The molecule has 0 atom stereocenters. The number of nitrogens with one attached hydrogen (secondary N) is 1. The van der Waals surface area contributed by atoms with Gasteiger partial charge < -0.3 is 15.0 Å². The largest absolute Gasteiger partial charge is 0.483 e. The van der Waals surface area contributed by atoms with Crippen LogP contribution in [-0.2, 0) is 15.0 Å². The van der Waals surface area contributed by atoms with Crippen LogP contribution in [0.4, 0.5) is 5.69 Å². The molecule has 0 bridgehead atoms. The van der Waals surface area contributed by atoms with Gasteiger partial charge in [-0.25, -0.2) is 0 Å². The number of nitrogens with zero attached hydrogens (tertiary/aromatic N) is 1. The second-order valence-corrected chi connectivity index (χ2v) is 8.54. The third-order valence-electron chi connectivity index (χ3n) is 5.86. The number of likely N-dealkylation sites (tertiary alicyclic amines) is 1. The second kappa shape index (κ2) is 7.24. The van der Waals surface area contributed by atoms with Gasteiger partial charge in [-0.15, -0.1) is 0 Å². The summed E-state index contributed by atoms with van der Waals surface area (Å²) in [6.07, 6.45) is 1.27. The van der Waals surface area contributed by atoms with E-state index < -0.39 is 5.41 Å². The summed E-state index contributed by atoms with van der Waals surface area (Å²) in [5.74, 6) is 0.774. The molecule has 0 aliphatic carbocycles. The number of aryl methyl sites for hydroxylation is 2. The Morgan fingerprint density at radius 2 is 1.82 bits per heavy atom. The van der Waals surface area contributed by atoms with E-state index in [-0.39, 0.29) is 18.4 Å². The lowest BCUT2D eigenvalue weighted by Gasteiger charge is -2.38. The minimum absolute atomic E-state index is 0.0130. The fourth-order valence-corrected chi connectivity index (χ4v) is 5.04. The average Bonchev–Trinajstić information content (AvgIpc) is 2.93. The number of rotatable bonds is 3. The molecule has 1 N–H and O–H groups in total. The molecule has 2 aliphatic heterocycles. The summed E-state index contributed by atoms with van der Waals surface area (Å²) in [7, 11) is 0. The van der Waals surface area contributed by atoms with Crippen molar-refractivity contribution in [2.45, 2.75) is 32.1 Å². The number of carbonyl (C=O) groups is 2. The van der Waals surface area contributed by atoms with Crippen LogP contribution in [-0.4, -0.2) is 36.4 Å². The Morgan fingerprint density at radius 1 is 1.18 bits per heavy atom. The first-order chi connectivity index (χ1) is 13.4. The molecule has 4 rings (SSSR count). The monoisotopic (exact) mass is 442 g/mol. The Kier molecular flexibility index (Phi) is 4.91. The number of hydrogen-bond acceptors (Lipinski definition) is 3. The van der Waals surface area contributed by atoms with Crippen molar-refractivity contribution in [2.24, 2.45) is 0 Å². The molecule has 28 heavy (non-hydrogen) atoms. The van der Waals surface area contributed by atoms with Gasteiger partial charge in [0.25, 0.3) is 5.91 Å². The Bertz CT molecular complexity index is 926. The molecule has 1 saturated heterocycles. The molecular weight excluding hydrogens is 420 g/mol. The van der Waals surface area contributed by atoms with Crippen molar-refractivity contribution in [3.63, 3.8) is 0 Å². The maximum absolute atomic E-state index is 12.7. The van der Waals surface area contributed by atoms with Crippen LogP contribution >= 0.6 is 15.9 Å². The third kappa shape index (κ3) is 3.20. The van der Waals surface area contributed by atoms with Crippen LogP contribution < -0.4 is 10.1 Å². The molecule has 2 aromatic carbocycles. The summed E-state index contributed by atoms with van der Waals surface area (Å²) in [6.45, 7) is 5.07. The first kappa shape index (κ1) is 19.0. The molecule has 0 radical (unpaired) electrons. The SMILES string of the molecule is Cc1cc(Br)cc(C)c1OCC(=O)N1CCC2(CC1)C(=O)Nc1ccccc12. The Balaban J connectivity index is 1.41. The van der Waals surface area contributed by atoms with Crippen LogP contribution in [0.1, 0.15) is 29.5 Å². The predicted molar refractivity (Wildman–Crippen MR) is 112 cm³/mol. The van der Waals surface area contributed by atoms with Gasteiger partial charge in [-0.05, 0) is 61.6 Å². The van der Waals surface area contributed by atoms with E-state index >= 15 is 0 Å². The van der Waals surface area contributed by atoms with Gasteiger partial charge in [0, 0.05) is 23.2 Å². The molecule has 5 nitrogen and oxygen atoms in total. The summed E-state index contributed by atoms with van der Waals surface area (Å²) in [4.78, 5) is 27.1. The minimum atomic E-state index is -0.507. The van der Waals surface area contributed by atoms with E-state index in [4.69, 9.17) is 4.74 Å². The van der Waals surface area contributed by atoms with Crippen molar-refractivity contribution in [3.05, 3.63) is 57.6 Å². The van der Waals surface area contributed by atoms with Gasteiger partial charge in [-0.1, -0.05) is 34.1 Å². The Labute approximate surface area is 173 Å². The van der Waals surface area contributed by atoms with Crippen LogP contribution in [0.15, 0.2) is 40.9 Å². The topological polar surface area (TPSA) is 58.6 Å². The van der Waals surface area contributed by atoms with E-state index in [0.717, 1.165) is 32.6 Å². The summed E-state index contributed by atoms with van der Waals surface area (Å²) < 4.78 is 6.84. The average molecular weight is 443 g/mol. The van der Waals surface area contributed by atoms with Crippen molar-refractivity contribution in [3.8, 4) is 5.75 Å². The summed E-state index contributed by atoms with van der Waals surface area (Å²) in [5.41, 5.74) is 3.45. The van der Waals surface area contributed by atoms with E-state index in [1.54, 1.807) is 0 Å². The van der Waals surface area contributed by atoms with Crippen LogP contribution in [0.5, 0.6) is 5.75 Å². The molecular formula is C22H23BrN2O3. The van der Waals surface area contributed by atoms with Gasteiger partial charge in [0.05, 0.1) is 5.41 Å². The highest BCUT2D eigenvalue weighted by Gasteiger charge is 2.48. The number of para-hydroxylation sites is 1. The number of ether oxygens (including phenoxy) is 1. The molecule has 0 unspecified atom stereocenters. The molecule has 2 aliphatic rings. The maximum atomic E-state index is 12.7. The highest BCUT2D eigenvalue weighted by Crippen LogP contribution is 2.44. The summed E-state index contributed by atoms with van der Waals surface area (Å²) in [5, 5.41) is 2.99. The number of anilines is 1. The number of halogens is 1.